The summed E-state index contributed by atoms with van der Waals surface area (Å²) in [5, 5.41) is 12.8. The highest BCUT2D eigenvalue weighted by atomic mass is 16.3. The maximum absolute atomic E-state index is 9.43. The molecule has 0 bridgehead atoms. The zero-order valence-electron chi connectivity index (χ0n) is 6.92. The summed E-state index contributed by atoms with van der Waals surface area (Å²) >= 11 is 0. The first-order chi connectivity index (χ1) is 5.36. The monoisotopic (exact) mass is 155 g/mol. The van der Waals surface area contributed by atoms with E-state index < -0.39 is 0 Å². The minimum absolute atomic E-state index is 0.00866. The molecule has 1 heterocycles. The molecule has 2 heteroatoms. The van der Waals surface area contributed by atoms with Crippen LogP contribution in [-0.4, -0.2) is 24.3 Å². The molecule has 1 aliphatic carbocycles. The molecule has 0 aromatic heterocycles. The second-order valence-electron chi connectivity index (χ2n) is 3.98. The SMILES string of the molecule is OC1CCC2CNCCC2C1. The summed E-state index contributed by atoms with van der Waals surface area (Å²) in [5.74, 6) is 1.69. The van der Waals surface area contributed by atoms with Gasteiger partial charge >= 0.3 is 0 Å². The molecule has 2 nitrogen and oxygen atoms in total. The van der Waals surface area contributed by atoms with Crippen LogP contribution in [0.5, 0.6) is 0 Å². The molecule has 1 saturated carbocycles. The molecule has 0 spiro atoms. The van der Waals surface area contributed by atoms with Crippen LogP contribution in [0.3, 0.4) is 0 Å². The lowest BCUT2D eigenvalue weighted by molar-refractivity contribution is 0.0549. The molecule has 64 valence electrons. The molecule has 0 amide bonds. The van der Waals surface area contributed by atoms with E-state index in [0.717, 1.165) is 31.2 Å². The molecular formula is C9H17NO. The lowest BCUT2D eigenvalue weighted by Crippen LogP contribution is -2.41. The van der Waals surface area contributed by atoms with Crippen LogP contribution in [-0.2, 0) is 0 Å². The number of rotatable bonds is 0. The van der Waals surface area contributed by atoms with Crippen molar-refractivity contribution in [1.82, 2.24) is 5.32 Å². The van der Waals surface area contributed by atoms with Crippen molar-refractivity contribution in [3.05, 3.63) is 0 Å². The highest BCUT2D eigenvalue weighted by Gasteiger charge is 2.30. The maximum Gasteiger partial charge on any atom is 0.0543 e. The van der Waals surface area contributed by atoms with Crippen molar-refractivity contribution >= 4 is 0 Å². The van der Waals surface area contributed by atoms with Crippen LogP contribution in [0.1, 0.15) is 25.7 Å². The molecular weight excluding hydrogens is 138 g/mol. The normalized spacial score (nSPS) is 45.0. The minimum Gasteiger partial charge on any atom is -0.393 e. The highest BCUT2D eigenvalue weighted by Crippen LogP contribution is 2.33. The number of fused-ring (bicyclic) bond motifs is 1. The van der Waals surface area contributed by atoms with Gasteiger partial charge < -0.3 is 10.4 Å². The second-order valence-corrected chi connectivity index (χ2v) is 3.98. The number of hydrogen-bond acceptors (Lipinski definition) is 2. The Labute approximate surface area is 68.0 Å². The zero-order chi connectivity index (χ0) is 7.68. The number of hydrogen-bond donors (Lipinski definition) is 2. The number of piperidine rings is 1. The van der Waals surface area contributed by atoms with E-state index in [2.05, 4.69) is 5.32 Å². The Kier molecular flexibility index (Phi) is 2.14. The molecule has 1 saturated heterocycles. The fraction of sp³-hybridized carbons (Fsp3) is 1.00. The van der Waals surface area contributed by atoms with Gasteiger partial charge in [-0.2, -0.15) is 0 Å². The molecule has 3 unspecified atom stereocenters. The number of aliphatic hydroxyl groups is 1. The van der Waals surface area contributed by atoms with E-state index >= 15 is 0 Å². The Morgan fingerprint density at radius 1 is 1.09 bits per heavy atom. The van der Waals surface area contributed by atoms with E-state index in [1.165, 1.54) is 19.4 Å². The van der Waals surface area contributed by atoms with Crippen molar-refractivity contribution in [1.29, 1.82) is 0 Å². The molecule has 0 radical (unpaired) electrons. The summed E-state index contributed by atoms with van der Waals surface area (Å²) < 4.78 is 0. The zero-order valence-corrected chi connectivity index (χ0v) is 6.92. The van der Waals surface area contributed by atoms with Gasteiger partial charge in [0, 0.05) is 0 Å². The van der Waals surface area contributed by atoms with Crippen molar-refractivity contribution in [2.24, 2.45) is 11.8 Å². The third-order valence-corrected chi connectivity index (χ3v) is 3.21. The number of nitrogens with one attached hydrogen (secondary N) is 1. The van der Waals surface area contributed by atoms with Gasteiger partial charge in [-0.15, -0.1) is 0 Å². The molecule has 1 aliphatic heterocycles. The van der Waals surface area contributed by atoms with Crippen LogP contribution in [0.15, 0.2) is 0 Å². The second kappa shape index (κ2) is 3.11. The van der Waals surface area contributed by atoms with Gasteiger partial charge in [-0.3, -0.25) is 0 Å². The third-order valence-electron chi connectivity index (χ3n) is 3.21. The Balaban J connectivity index is 1.93. The predicted molar refractivity (Wildman–Crippen MR) is 44.3 cm³/mol. The van der Waals surface area contributed by atoms with Crippen LogP contribution in [0.2, 0.25) is 0 Å². The topological polar surface area (TPSA) is 32.3 Å². The molecule has 2 N–H and O–H groups in total. The summed E-state index contributed by atoms with van der Waals surface area (Å²) in [4.78, 5) is 0. The molecule has 3 atom stereocenters. The molecule has 2 fully saturated rings. The van der Waals surface area contributed by atoms with Gasteiger partial charge in [0.15, 0.2) is 0 Å². The Bertz CT molecular complexity index is 138. The minimum atomic E-state index is 0.00866. The highest BCUT2D eigenvalue weighted by molar-refractivity contribution is 4.84. The first-order valence-electron chi connectivity index (χ1n) is 4.75. The largest absolute Gasteiger partial charge is 0.393 e. The first-order valence-corrected chi connectivity index (χ1v) is 4.75. The Morgan fingerprint density at radius 2 is 2.00 bits per heavy atom. The first kappa shape index (κ1) is 7.56. The average molecular weight is 155 g/mol. The van der Waals surface area contributed by atoms with E-state index in [1.807, 2.05) is 0 Å². The van der Waals surface area contributed by atoms with Crippen LogP contribution < -0.4 is 5.32 Å². The fourth-order valence-electron chi connectivity index (χ4n) is 2.50. The standard InChI is InChI=1S/C9H17NO/c11-9-2-1-8-6-10-4-3-7(8)5-9/h7-11H,1-6H2. The Morgan fingerprint density at radius 3 is 2.91 bits per heavy atom. The van der Waals surface area contributed by atoms with Gasteiger partial charge in [-0.05, 0) is 50.6 Å². The van der Waals surface area contributed by atoms with Gasteiger partial charge in [-0.1, -0.05) is 0 Å². The van der Waals surface area contributed by atoms with Crippen LogP contribution in [0.4, 0.5) is 0 Å². The van der Waals surface area contributed by atoms with Gasteiger partial charge in [0.1, 0.15) is 0 Å². The van der Waals surface area contributed by atoms with Gasteiger partial charge in [0.05, 0.1) is 6.10 Å². The van der Waals surface area contributed by atoms with Gasteiger partial charge in [0.2, 0.25) is 0 Å². The van der Waals surface area contributed by atoms with E-state index in [1.54, 1.807) is 0 Å². The van der Waals surface area contributed by atoms with Crippen LogP contribution in [0, 0.1) is 11.8 Å². The molecule has 0 aromatic carbocycles. The van der Waals surface area contributed by atoms with E-state index in [0.29, 0.717) is 0 Å². The molecule has 11 heavy (non-hydrogen) atoms. The van der Waals surface area contributed by atoms with E-state index in [-0.39, 0.29) is 6.10 Å². The van der Waals surface area contributed by atoms with Gasteiger partial charge in [-0.25, -0.2) is 0 Å². The molecule has 2 aliphatic rings. The summed E-state index contributed by atoms with van der Waals surface area (Å²) in [7, 11) is 0. The number of aliphatic hydroxyl groups excluding tert-OH is 1. The summed E-state index contributed by atoms with van der Waals surface area (Å²) in [6.45, 7) is 2.35. The van der Waals surface area contributed by atoms with Crippen molar-refractivity contribution < 1.29 is 5.11 Å². The summed E-state index contributed by atoms with van der Waals surface area (Å²) in [5.41, 5.74) is 0. The third kappa shape index (κ3) is 1.57. The van der Waals surface area contributed by atoms with Crippen molar-refractivity contribution in [2.45, 2.75) is 31.8 Å². The van der Waals surface area contributed by atoms with Crippen molar-refractivity contribution in [3.8, 4) is 0 Å². The van der Waals surface area contributed by atoms with E-state index in [4.69, 9.17) is 0 Å². The summed E-state index contributed by atoms with van der Waals surface area (Å²) in [6.07, 6.45) is 4.62. The van der Waals surface area contributed by atoms with Gasteiger partial charge in [0.25, 0.3) is 0 Å². The molecule has 2 rings (SSSR count). The van der Waals surface area contributed by atoms with Crippen molar-refractivity contribution in [3.63, 3.8) is 0 Å². The lowest BCUT2D eigenvalue weighted by Gasteiger charge is -2.37. The fourth-order valence-corrected chi connectivity index (χ4v) is 2.50. The maximum atomic E-state index is 9.43. The average Bonchev–Trinajstić information content (AvgIpc) is 2.04. The van der Waals surface area contributed by atoms with E-state index in [9.17, 15) is 5.11 Å². The quantitative estimate of drug-likeness (QED) is 0.541. The van der Waals surface area contributed by atoms with Crippen LogP contribution >= 0.6 is 0 Å². The smallest absolute Gasteiger partial charge is 0.0543 e. The lowest BCUT2D eigenvalue weighted by atomic mass is 9.74. The van der Waals surface area contributed by atoms with Crippen molar-refractivity contribution in [2.75, 3.05) is 13.1 Å². The Hall–Kier alpha value is -0.0800. The predicted octanol–water partition coefficient (Wildman–Crippen LogP) is 0.757. The molecule has 0 aromatic rings. The summed E-state index contributed by atoms with van der Waals surface area (Å²) in [6, 6.07) is 0. The van der Waals surface area contributed by atoms with Crippen LogP contribution in [0.25, 0.3) is 0 Å².